The fourth-order valence-corrected chi connectivity index (χ4v) is 2.40. The van der Waals surface area contributed by atoms with Crippen molar-refractivity contribution >= 4 is 5.78 Å². The van der Waals surface area contributed by atoms with Gasteiger partial charge in [0, 0.05) is 29.9 Å². The van der Waals surface area contributed by atoms with Crippen LogP contribution in [-0.4, -0.2) is 15.5 Å². The Bertz CT molecular complexity index is 566. The van der Waals surface area contributed by atoms with E-state index in [0.29, 0.717) is 13.0 Å². The van der Waals surface area contributed by atoms with Crippen LogP contribution < -0.4 is 0 Å². The Morgan fingerprint density at radius 3 is 3.12 bits per heavy atom. The molecule has 0 aliphatic heterocycles. The molecule has 0 atom stereocenters. The molecule has 0 unspecified atom stereocenters. The molecule has 2 aromatic rings. The Hall–Kier alpha value is -1.84. The molecule has 0 spiro atoms. The number of nitrogens with zero attached hydrogens (tertiary/aromatic N) is 2. The van der Waals surface area contributed by atoms with E-state index in [2.05, 4.69) is 9.72 Å². The summed E-state index contributed by atoms with van der Waals surface area (Å²) in [5.41, 5.74) is 2.90. The average molecular weight is 230 g/mol. The molecule has 1 aliphatic carbocycles. The van der Waals surface area contributed by atoms with Gasteiger partial charge in [-0.3, -0.25) is 4.79 Å². The van der Waals surface area contributed by atoms with E-state index < -0.39 is 0 Å². The maximum atomic E-state index is 11.7. The van der Waals surface area contributed by atoms with Gasteiger partial charge in [0.25, 0.3) is 0 Å². The number of Topliss-reactive ketones (excluding diaryl/α,β-unsaturated/α-hetero) is 1. The van der Waals surface area contributed by atoms with Crippen molar-refractivity contribution in [3.63, 3.8) is 0 Å². The van der Waals surface area contributed by atoms with Crippen LogP contribution in [-0.2, 0) is 13.0 Å². The van der Waals surface area contributed by atoms with E-state index in [1.165, 1.54) is 0 Å². The van der Waals surface area contributed by atoms with Gasteiger partial charge in [-0.15, -0.1) is 0 Å². The Morgan fingerprint density at radius 1 is 1.47 bits per heavy atom. The molecule has 4 heteroatoms. The van der Waals surface area contributed by atoms with Crippen LogP contribution in [0.5, 0.6) is 0 Å². The molecule has 4 nitrogen and oxygen atoms in total. The third-order valence-electron chi connectivity index (χ3n) is 3.20. The second kappa shape index (κ2) is 3.87. The number of aromatic nitrogens is 2. The maximum absolute atomic E-state index is 11.7. The summed E-state index contributed by atoms with van der Waals surface area (Å²) in [4.78, 5) is 11.7. The zero-order valence-corrected chi connectivity index (χ0v) is 9.77. The van der Waals surface area contributed by atoms with Crippen LogP contribution in [0.2, 0.25) is 0 Å². The Labute approximate surface area is 99.2 Å². The van der Waals surface area contributed by atoms with Crippen LogP contribution in [0, 0.1) is 6.92 Å². The van der Waals surface area contributed by atoms with Gasteiger partial charge in [-0.2, -0.15) is 0 Å². The summed E-state index contributed by atoms with van der Waals surface area (Å²) < 4.78 is 7.29. The molecule has 1 aliphatic rings. The summed E-state index contributed by atoms with van der Waals surface area (Å²) in [5.74, 6) is 1.10. The van der Waals surface area contributed by atoms with Crippen molar-refractivity contribution in [3.05, 3.63) is 41.0 Å². The SMILES string of the molecule is Cc1cc(Cn2ccc3c2CCCC3=O)on1. The largest absolute Gasteiger partial charge is 0.359 e. The van der Waals surface area contributed by atoms with Gasteiger partial charge in [-0.25, -0.2) is 0 Å². The molecule has 0 amide bonds. The minimum absolute atomic E-state index is 0.263. The molecule has 0 bridgehead atoms. The van der Waals surface area contributed by atoms with Crippen LogP contribution in [0.4, 0.5) is 0 Å². The quantitative estimate of drug-likeness (QED) is 0.795. The predicted octanol–water partition coefficient (Wildman–Crippen LogP) is 2.35. The summed E-state index contributed by atoms with van der Waals surface area (Å²) in [5, 5.41) is 3.87. The Morgan fingerprint density at radius 2 is 2.35 bits per heavy atom. The monoisotopic (exact) mass is 230 g/mol. The summed E-state index contributed by atoms with van der Waals surface area (Å²) in [6.07, 6.45) is 4.57. The molecule has 0 radical (unpaired) electrons. The third-order valence-corrected chi connectivity index (χ3v) is 3.20. The molecule has 2 aromatic heterocycles. The van der Waals surface area contributed by atoms with Crippen LogP contribution in [0.15, 0.2) is 22.9 Å². The lowest BCUT2D eigenvalue weighted by atomic mass is 9.97. The first-order valence-electron chi connectivity index (χ1n) is 5.87. The summed E-state index contributed by atoms with van der Waals surface area (Å²) in [6, 6.07) is 3.84. The number of hydrogen-bond acceptors (Lipinski definition) is 3. The molecular formula is C13H14N2O2. The summed E-state index contributed by atoms with van der Waals surface area (Å²) in [6.45, 7) is 2.56. The van der Waals surface area contributed by atoms with Crippen molar-refractivity contribution in [2.24, 2.45) is 0 Å². The van der Waals surface area contributed by atoms with E-state index in [0.717, 1.165) is 35.6 Å². The van der Waals surface area contributed by atoms with Gasteiger partial charge in [0.1, 0.15) is 0 Å². The Kier molecular flexibility index (Phi) is 2.35. The first-order chi connectivity index (χ1) is 8.24. The first-order valence-corrected chi connectivity index (χ1v) is 5.87. The number of aryl methyl sites for hydroxylation is 1. The van der Waals surface area contributed by atoms with Crippen molar-refractivity contribution in [3.8, 4) is 0 Å². The number of ketones is 1. The molecular weight excluding hydrogens is 216 g/mol. The molecule has 0 fully saturated rings. The van der Waals surface area contributed by atoms with Crippen molar-refractivity contribution in [1.82, 2.24) is 9.72 Å². The fourth-order valence-electron chi connectivity index (χ4n) is 2.40. The van der Waals surface area contributed by atoms with E-state index in [1.807, 2.05) is 25.3 Å². The molecule has 88 valence electrons. The summed E-state index contributed by atoms with van der Waals surface area (Å²) in [7, 11) is 0. The van der Waals surface area contributed by atoms with Crippen LogP contribution in [0.3, 0.4) is 0 Å². The van der Waals surface area contributed by atoms with Gasteiger partial charge in [0.2, 0.25) is 0 Å². The van der Waals surface area contributed by atoms with E-state index >= 15 is 0 Å². The number of hydrogen-bond donors (Lipinski definition) is 0. The number of carbonyl (C=O) groups excluding carboxylic acids is 1. The molecule has 0 saturated heterocycles. The average Bonchev–Trinajstić information content (AvgIpc) is 2.88. The van der Waals surface area contributed by atoms with Crippen molar-refractivity contribution in [2.45, 2.75) is 32.7 Å². The van der Waals surface area contributed by atoms with Crippen LogP contribution in [0.25, 0.3) is 0 Å². The van der Waals surface area contributed by atoms with Crippen molar-refractivity contribution in [2.75, 3.05) is 0 Å². The predicted molar refractivity (Wildman–Crippen MR) is 62.0 cm³/mol. The molecule has 0 saturated carbocycles. The van der Waals surface area contributed by atoms with Gasteiger partial charge in [-0.05, 0) is 25.8 Å². The van der Waals surface area contributed by atoms with Gasteiger partial charge >= 0.3 is 0 Å². The Balaban J connectivity index is 1.91. The molecule has 3 rings (SSSR count). The van der Waals surface area contributed by atoms with E-state index in [4.69, 9.17) is 4.52 Å². The molecule has 2 heterocycles. The highest BCUT2D eigenvalue weighted by Crippen LogP contribution is 2.23. The lowest BCUT2D eigenvalue weighted by Crippen LogP contribution is -2.13. The first kappa shape index (κ1) is 10.3. The second-order valence-electron chi connectivity index (χ2n) is 4.52. The van der Waals surface area contributed by atoms with Gasteiger partial charge in [-0.1, -0.05) is 5.16 Å². The number of rotatable bonds is 2. The van der Waals surface area contributed by atoms with E-state index in [1.54, 1.807) is 0 Å². The zero-order chi connectivity index (χ0) is 11.8. The lowest BCUT2D eigenvalue weighted by molar-refractivity contribution is 0.0971. The van der Waals surface area contributed by atoms with Crippen LogP contribution in [0.1, 0.15) is 40.3 Å². The van der Waals surface area contributed by atoms with E-state index in [-0.39, 0.29) is 5.78 Å². The minimum atomic E-state index is 0.263. The highest BCUT2D eigenvalue weighted by molar-refractivity contribution is 5.98. The highest BCUT2D eigenvalue weighted by Gasteiger charge is 2.20. The lowest BCUT2D eigenvalue weighted by Gasteiger charge is -2.13. The molecule has 17 heavy (non-hydrogen) atoms. The topological polar surface area (TPSA) is 48.0 Å². The van der Waals surface area contributed by atoms with Crippen molar-refractivity contribution < 1.29 is 9.32 Å². The molecule has 0 aromatic carbocycles. The second-order valence-corrected chi connectivity index (χ2v) is 4.52. The third kappa shape index (κ3) is 1.79. The maximum Gasteiger partial charge on any atom is 0.164 e. The zero-order valence-electron chi connectivity index (χ0n) is 9.77. The fraction of sp³-hybridized carbons (Fsp3) is 0.385. The smallest absolute Gasteiger partial charge is 0.164 e. The van der Waals surface area contributed by atoms with E-state index in [9.17, 15) is 4.79 Å². The number of carbonyl (C=O) groups is 1. The van der Waals surface area contributed by atoms with Gasteiger partial charge in [0.15, 0.2) is 11.5 Å². The van der Waals surface area contributed by atoms with Crippen molar-refractivity contribution in [1.29, 1.82) is 0 Å². The highest BCUT2D eigenvalue weighted by atomic mass is 16.5. The summed E-state index contributed by atoms with van der Waals surface area (Å²) >= 11 is 0. The number of fused-ring (bicyclic) bond motifs is 1. The molecule has 0 N–H and O–H groups in total. The normalized spacial score (nSPS) is 15.0. The van der Waals surface area contributed by atoms with Crippen LogP contribution >= 0.6 is 0 Å². The standard InChI is InChI=1S/C13H14N2O2/c1-9-7-10(17-14-9)8-15-6-5-11-12(15)3-2-4-13(11)16/h5-7H,2-4,8H2,1H3. The van der Waals surface area contributed by atoms with Gasteiger partial charge in [0.05, 0.1) is 12.2 Å². The van der Waals surface area contributed by atoms with Gasteiger partial charge < -0.3 is 9.09 Å². The minimum Gasteiger partial charge on any atom is -0.359 e.